The van der Waals surface area contributed by atoms with Crippen LogP contribution in [0.3, 0.4) is 0 Å². The van der Waals surface area contributed by atoms with Gasteiger partial charge < -0.3 is 4.90 Å². The van der Waals surface area contributed by atoms with Crippen LogP contribution >= 0.6 is 0 Å². The standard InChI is InChI=1S/C11H17NO3S/c1-9-4-5-11(16(13,14)15)10(8-9)6-7-12(2)3/h4-5,8H,6-7H2,1-3H3,(H,13,14,15). The number of nitrogens with zero attached hydrogens (tertiary/aromatic N) is 1. The summed E-state index contributed by atoms with van der Waals surface area (Å²) in [5.74, 6) is 0. The van der Waals surface area contributed by atoms with Gasteiger partial charge in [0.1, 0.15) is 0 Å². The minimum absolute atomic E-state index is 0.0138. The van der Waals surface area contributed by atoms with Gasteiger partial charge in [-0.3, -0.25) is 4.55 Å². The molecule has 0 aliphatic rings. The topological polar surface area (TPSA) is 57.6 Å². The van der Waals surface area contributed by atoms with Crippen LogP contribution in [0.2, 0.25) is 0 Å². The fraction of sp³-hybridized carbons (Fsp3) is 0.455. The minimum atomic E-state index is -4.12. The Morgan fingerprint density at radius 2 is 1.94 bits per heavy atom. The highest BCUT2D eigenvalue weighted by molar-refractivity contribution is 7.85. The second-order valence-corrected chi connectivity index (χ2v) is 5.53. The zero-order valence-corrected chi connectivity index (χ0v) is 10.6. The molecule has 1 N–H and O–H groups in total. The molecule has 1 aromatic rings. The third-order valence-corrected chi connectivity index (χ3v) is 3.28. The van der Waals surface area contributed by atoms with E-state index in [4.69, 9.17) is 4.55 Å². The van der Waals surface area contributed by atoms with Crippen LogP contribution in [0.4, 0.5) is 0 Å². The molecular weight excluding hydrogens is 226 g/mol. The lowest BCUT2D eigenvalue weighted by atomic mass is 10.1. The number of benzene rings is 1. The highest BCUT2D eigenvalue weighted by Gasteiger charge is 2.15. The molecule has 4 nitrogen and oxygen atoms in total. The van der Waals surface area contributed by atoms with Gasteiger partial charge in [-0.05, 0) is 39.1 Å². The summed E-state index contributed by atoms with van der Waals surface area (Å²) in [6, 6.07) is 4.94. The Bertz CT molecular complexity index is 466. The van der Waals surface area contributed by atoms with Crippen molar-refractivity contribution in [2.45, 2.75) is 18.2 Å². The molecule has 0 aliphatic heterocycles. The number of likely N-dealkylation sites (N-methyl/N-ethyl adjacent to an activating group) is 1. The number of hydrogen-bond acceptors (Lipinski definition) is 3. The normalized spacial score (nSPS) is 12.1. The van der Waals surface area contributed by atoms with Gasteiger partial charge in [0.15, 0.2) is 0 Å². The summed E-state index contributed by atoms with van der Waals surface area (Å²) in [6.45, 7) is 2.64. The summed E-state index contributed by atoms with van der Waals surface area (Å²) in [4.78, 5) is 1.98. The summed E-state index contributed by atoms with van der Waals surface area (Å²) in [5.41, 5.74) is 1.65. The molecule has 90 valence electrons. The summed E-state index contributed by atoms with van der Waals surface area (Å²) in [7, 11) is -0.278. The number of aryl methyl sites for hydroxylation is 1. The predicted octanol–water partition coefficient (Wildman–Crippen LogP) is 1.35. The fourth-order valence-electron chi connectivity index (χ4n) is 1.50. The van der Waals surface area contributed by atoms with Gasteiger partial charge >= 0.3 is 0 Å². The molecule has 0 bridgehead atoms. The molecule has 5 heteroatoms. The number of rotatable bonds is 4. The van der Waals surface area contributed by atoms with Crippen LogP contribution in [0, 0.1) is 6.92 Å². The van der Waals surface area contributed by atoms with Crippen molar-refractivity contribution in [3.05, 3.63) is 29.3 Å². The van der Waals surface area contributed by atoms with Crippen LogP contribution in [0.25, 0.3) is 0 Å². The molecule has 0 saturated heterocycles. The van der Waals surface area contributed by atoms with Gasteiger partial charge in [0, 0.05) is 6.54 Å². The van der Waals surface area contributed by atoms with Crippen LogP contribution in [0.1, 0.15) is 11.1 Å². The zero-order chi connectivity index (χ0) is 12.3. The molecule has 1 aromatic carbocycles. The lowest BCUT2D eigenvalue weighted by Crippen LogP contribution is -2.16. The SMILES string of the molecule is Cc1ccc(S(=O)(=O)O)c(CCN(C)C)c1. The Morgan fingerprint density at radius 1 is 1.31 bits per heavy atom. The van der Waals surface area contributed by atoms with E-state index in [1.165, 1.54) is 6.07 Å². The lowest BCUT2D eigenvalue weighted by Gasteiger charge is -2.12. The van der Waals surface area contributed by atoms with Crippen molar-refractivity contribution in [1.29, 1.82) is 0 Å². The number of hydrogen-bond donors (Lipinski definition) is 1. The van der Waals surface area contributed by atoms with E-state index in [2.05, 4.69) is 0 Å². The second-order valence-electron chi connectivity index (χ2n) is 4.14. The Labute approximate surface area is 96.6 Å². The maximum atomic E-state index is 11.2. The van der Waals surface area contributed by atoms with E-state index in [-0.39, 0.29) is 4.90 Å². The first-order chi connectivity index (χ1) is 7.30. The smallest absolute Gasteiger partial charge is 0.294 e. The summed E-state index contributed by atoms with van der Waals surface area (Å²) >= 11 is 0. The molecule has 0 radical (unpaired) electrons. The summed E-state index contributed by atoms with van der Waals surface area (Å²) in [5, 5.41) is 0. The van der Waals surface area contributed by atoms with E-state index < -0.39 is 10.1 Å². The van der Waals surface area contributed by atoms with Gasteiger partial charge in [0.2, 0.25) is 0 Å². The first kappa shape index (κ1) is 13.2. The molecule has 0 amide bonds. The van der Waals surface area contributed by atoms with E-state index >= 15 is 0 Å². The molecule has 0 atom stereocenters. The van der Waals surface area contributed by atoms with Gasteiger partial charge in [-0.2, -0.15) is 8.42 Å². The highest BCUT2D eigenvalue weighted by Crippen LogP contribution is 2.17. The van der Waals surface area contributed by atoms with Crippen molar-refractivity contribution in [1.82, 2.24) is 4.90 Å². The van der Waals surface area contributed by atoms with Crippen LogP contribution < -0.4 is 0 Å². The van der Waals surface area contributed by atoms with E-state index in [1.54, 1.807) is 12.1 Å². The van der Waals surface area contributed by atoms with Crippen LogP contribution in [0.15, 0.2) is 23.1 Å². The maximum Gasteiger partial charge on any atom is 0.294 e. The second kappa shape index (κ2) is 4.95. The molecular formula is C11H17NO3S. The summed E-state index contributed by atoms with van der Waals surface area (Å²) in [6.07, 6.45) is 0.601. The predicted molar refractivity (Wildman–Crippen MR) is 63.3 cm³/mol. The molecule has 0 unspecified atom stereocenters. The Balaban J connectivity index is 3.09. The third-order valence-electron chi connectivity index (χ3n) is 2.32. The van der Waals surface area contributed by atoms with Gasteiger partial charge in [0.05, 0.1) is 4.90 Å². The maximum absolute atomic E-state index is 11.2. The first-order valence-electron chi connectivity index (χ1n) is 5.02. The minimum Gasteiger partial charge on any atom is -0.309 e. The third kappa shape index (κ3) is 3.59. The van der Waals surface area contributed by atoms with Gasteiger partial charge in [-0.1, -0.05) is 17.7 Å². The molecule has 0 heterocycles. The van der Waals surface area contributed by atoms with Crippen molar-refractivity contribution < 1.29 is 13.0 Å². The molecule has 0 spiro atoms. The first-order valence-corrected chi connectivity index (χ1v) is 6.46. The van der Waals surface area contributed by atoms with Crippen molar-refractivity contribution in [3.8, 4) is 0 Å². The monoisotopic (exact) mass is 243 g/mol. The van der Waals surface area contributed by atoms with Crippen LogP contribution in [-0.2, 0) is 16.5 Å². The molecule has 0 aromatic heterocycles. The zero-order valence-electron chi connectivity index (χ0n) is 9.77. The average molecular weight is 243 g/mol. The van der Waals surface area contributed by atoms with Gasteiger partial charge in [-0.15, -0.1) is 0 Å². The van der Waals surface area contributed by atoms with E-state index in [9.17, 15) is 8.42 Å². The Morgan fingerprint density at radius 3 is 2.44 bits per heavy atom. The highest BCUT2D eigenvalue weighted by atomic mass is 32.2. The van der Waals surface area contributed by atoms with E-state index in [0.29, 0.717) is 12.0 Å². The average Bonchev–Trinajstić information content (AvgIpc) is 2.12. The van der Waals surface area contributed by atoms with Crippen LogP contribution in [-0.4, -0.2) is 38.5 Å². The van der Waals surface area contributed by atoms with E-state index in [0.717, 1.165) is 12.1 Å². The lowest BCUT2D eigenvalue weighted by molar-refractivity contribution is 0.411. The van der Waals surface area contributed by atoms with Gasteiger partial charge in [0.25, 0.3) is 10.1 Å². The van der Waals surface area contributed by atoms with Crippen molar-refractivity contribution >= 4 is 10.1 Å². The molecule has 0 aliphatic carbocycles. The Kier molecular flexibility index (Phi) is 4.07. The van der Waals surface area contributed by atoms with Crippen molar-refractivity contribution in [2.24, 2.45) is 0 Å². The van der Waals surface area contributed by atoms with Crippen molar-refractivity contribution in [2.75, 3.05) is 20.6 Å². The van der Waals surface area contributed by atoms with Gasteiger partial charge in [-0.25, -0.2) is 0 Å². The van der Waals surface area contributed by atoms with E-state index in [1.807, 2.05) is 25.9 Å². The Hall–Kier alpha value is -0.910. The van der Waals surface area contributed by atoms with Crippen LogP contribution in [0.5, 0.6) is 0 Å². The molecule has 0 fully saturated rings. The molecule has 0 saturated carbocycles. The van der Waals surface area contributed by atoms with Crippen molar-refractivity contribution in [3.63, 3.8) is 0 Å². The summed E-state index contributed by atoms with van der Waals surface area (Å²) < 4.78 is 31.4. The fourth-order valence-corrected chi connectivity index (χ4v) is 2.23. The largest absolute Gasteiger partial charge is 0.309 e. The molecule has 1 rings (SSSR count). The molecule has 16 heavy (non-hydrogen) atoms. The quantitative estimate of drug-likeness (QED) is 0.811.